The molecule has 0 aliphatic heterocycles. The van der Waals surface area contributed by atoms with Crippen molar-refractivity contribution in [2.24, 2.45) is 4.99 Å². The van der Waals surface area contributed by atoms with Crippen molar-refractivity contribution in [2.75, 3.05) is 25.0 Å². The molecule has 1 heterocycles. The summed E-state index contributed by atoms with van der Waals surface area (Å²) < 4.78 is 0. The lowest BCUT2D eigenvalue weighted by Crippen LogP contribution is -2.36. The monoisotopic (exact) mass is 550 g/mol. The van der Waals surface area contributed by atoms with Crippen LogP contribution in [0.3, 0.4) is 0 Å². The first-order chi connectivity index (χ1) is 19.4. The predicted octanol–water partition coefficient (Wildman–Crippen LogP) is 7.18. The number of carbonyl (C=O) groups is 1. The fraction of sp³-hybridized carbons (Fsp3) is 0.152. The highest BCUT2D eigenvalue weighted by Crippen LogP contribution is 2.33. The highest BCUT2D eigenvalue weighted by Gasteiger charge is 2.19. The van der Waals surface area contributed by atoms with E-state index in [0.717, 1.165) is 35.2 Å². The molecule has 0 fully saturated rings. The predicted molar refractivity (Wildman–Crippen MR) is 164 cm³/mol. The van der Waals surface area contributed by atoms with E-state index in [0.29, 0.717) is 28.5 Å². The number of aliphatic imine (C=N–C) groups is 1. The van der Waals surface area contributed by atoms with Gasteiger partial charge in [0.1, 0.15) is 0 Å². The molecule has 5 aromatic rings. The molecule has 1 aromatic heterocycles. The molecular formula is C33H31ClN4O2. The number of H-pyrrole nitrogens is 1. The molecule has 7 heteroatoms. The van der Waals surface area contributed by atoms with E-state index in [1.807, 2.05) is 78.9 Å². The van der Waals surface area contributed by atoms with Gasteiger partial charge >= 0.3 is 0 Å². The lowest BCUT2D eigenvalue weighted by Gasteiger charge is -2.25. The first kappa shape index (κ1) is 27.2. The first-order valence-electron chi connectivity index (χ1n) is 13.1. The van der Waals surface area contributed by atoms with Gasteiger partial charge in [0.25, 0.3) is 0 Å². The number of rotatable bonds is 9. The standard InChI is InChI=1S/C33H31ClN4O2/c1-23(39)38(20-19-37(2)22-24-9-5-3-6-10-24)28-16-14-27(15-17-28)35-32(25-11-7-4-8-12-25)31-29-18-13-26(34)21-30(29)36-33(31)40/h3-18,21,36,40H,19-20,22H2,1-2H3. The van der Waals surface area contributed by atoms with Crippen molar-refractivity contribution in [3.63, 3.8) is 0 Å². The average molecular weight is 551 g/mol. The Hall–Kier alpha value is -4.39. The molecule has 5 rings (SSSR count). The highest BCUT2D eigenvalue weighted by atomic mass is 35.5. The minimum absolute atomic E-state index is 0.0169. The lowest BCUT2D eigenvalue weighted by molar-refractivity contribution is -0.116. The van der Waals surface area contributed by atoms with Crippen molar-refractivity contribution in [1.29, 1.82) is 0 Å². The van der Waals surface area contributed by atoms with Crippen LogP contribution < -0.4 is 4.90 Å². The van der Waals surface area contributed by atoms with Crippen molar-refractivity contribution in [1.82, 2.24) is 9.88 Å². The first-order valence-corrected chi connectivity index (χ1v) is 13.5. The quantitative estimate of drug-likeness (QED) is 0.191. The minimum Gasteiger partial charge on any atom is -0.494 e. The fourth-order valence-corrected chi connectivity index (χ4v) is 4.98. The summed E-state index contributed by atoms with van der Waals surface area (Å²) in [7, 11) is 2.06. The van der Waals surface area contributed by atoms with E-state index in [1.54, 1.807) is 24.0 Å². The summed E-state index contributed by atoms with van der Waals surface area (Å²) >= 11 is 6.18. The lowest BCUT2D eigenvalue weighted by atomic mass is 10.0. The molecule has 40 heavy (non-hydrogen) atoms. The van der Waals surface area contributed by atoms with Gasteiger partial charge in [-0.3, -0.25) is 4.79 Å². The molecule has 0 spiro atoms. The molecule has 0 saturated heterocycles. The van der Waals surface area contributed by atoms with Gasteiger partial charge in [-0.05, 0) is 49.0 Å². The molecule has 202 valence electrons. The summed E-state index contributed by atoms with van der Waals surface area (Å²) in [5.41, 5.74) is 5.58. The summed E-state index contributed by atoms with van der Waals surface area (Å²) in [5, 5.41) is 12.3. The molecule has 0 atom stereocenters. The van der Waals surface area contributed by atoms with Crippen LogP contribution in [0.15, 0.2) is 108 Å². The highest BCUT2D eigenvalue weighted by molar-refractivity contribution is 6.31. The number of hydrogen-bond acceptors (Lipinski definition) is 4. The summed E-state index contributed by atoms with van der Waals surface area (Å²) in [6, 6.07) is 33.1. The number of hydrogen-bond donors (Lipinski definition) is 2. The van der Waals surface area contributed by atoms with Gasteiger partial charge in [-0.2, -0.15) is 0 Å². The van der Waals surface area contributed by atoms with Crippen molar-refractivity contribution in [2.45, 2.75) is 13.5 Å². The molecule has 0 bridgehead atoms. The number of aromatic hydroxyl groups is 1. The molecule has 2 N–H and O–H groups in total. The number of aromatic nitrogens is 1. The van der Waals surface area contributed by atoms with E-state index in [4.69, 9.17) is 16.6 Å². The zero-order valence-corrected chi connectivity index (χ0v) is 23.3. The van der Waals surface area contributed by atoms with Crippen molar-refractivity contribution >= 4 is 45.5 Å². The molecule has 4 aromatic carbocycles. The van der Waals surface area contributed by atoms with Gasteiger partial charge < -0.3 is 19.9 Å². The molecule has 0 radical (unpaired) electrons. The van der Waals surface area contributed by atoms with Crippen LogP contribution in [-0.4, -0.2) is 46.7 Å². The van der Waals surface area contributed by atoms with E-state index in [2.05, 4.69) is 29.1 Å². The molecule has 0 unspecified atom stereocenters. The third-order valence-electron chi connectivity index (χ3n) is 6.81. The van der Waals surface area contributed by atoms with Gasteiger partial charge in [0.2, 0.25) is 5.91 Å². The molecule has 1 amide bonds. The fourth-order valence-electron chi connectivity index (χ4n) is 4.81. The van der Waals surface area contributed by atoms with Crippen LogP contribution in [0, 0.1) is 0 Å². The van der Waals surface area contributed by atoms with Crippen LogP contribution in [0.2, 0.25) is 5.02 Å². The summed E-state index contributed by atoms with van der Waals surface area (Å²) in [5.74, 6) is 0.00980. The Kier molecular flexibility index (Phi) is 8.29. The number of benzene rings is 4. The van der Waals surface area contributed by atoms with Gasteiger partial charge in [0.15, 0.2) is 5.88 Å². The Morgan fingerprint density at radius 2 is 1.57 bits per heavy atom. The molecule has 0 aliphatic carbocycles. The average Bonchev–Trinajstić information content (AvgIpc) is 3.27. The largest absolute Gasteiger partial charge is 0.494 e. The smallest absolute Gasteiger partial charge is 0.223 e. The van der Waals surface area contributed by atoms with Crippen LogP contribution in [-0.2, 0) is 11.3 Å². The van der Waals surface area contributed by atoms with Gasteiger partial charge in [-0.1, -0.05) is 78.3 Å². The number of nitrogens with zero attached hydrogens (tertiary/aromatic N) is 3. The summed E-state index contributed by atoms with van der Waals surface area (Å²) in [6.45, 7) is 3.71. The van der Waals surface area contributed by atoms with Gasteiger partial charge in [-0.25, -0.2) is 4.99 Å². The van der Waals surface area contributed by atoms with Crippen LogP contribution in [0.25, 0.3) is 10.9 Å². The normalized spacial score (nSPS) is 11.8. The van der Waals surface area contributed by atoms with Gasteiger partial charge in [0.05, 0.1) is 22.5 Å². The molecule has 0 saturated carbocycles. The van der Waals surface area contributed by atoms with Crippen LogP contribution in [0.5, 0.6) is 5.88 Å². The summed E-state index contributed by atoms with van der Waals surface area (Å²) in [6.07, 6.45) is 0. The van der Waals surface area contributed by atoms with Crippen molar-refractivity contribution in [3.05, 3.63) is 125 Å². The van der Waals surface area contributed by atoms with Crippen molar-refractivity contribution < 1.29 is 9.90 Å². The maximum Gasteiger partial charge on any atom is 0.223 e. The van der Waals surface area contributed by atoms with Crippen LogP contribution >= 0.6 is 11.6 Å². The Labute approximate surface area is 239 Å². The molecular weight excluding hydrogens is 520 g/mol. The number of carbonyl (C=O) groups excluding carboxylic acids is 1. The van der Waals surface area contributed by atoms with Gasteiger partial charge in [-0.15, -0.1) is 0 Å². The molecule has 0 aliphatic rings. The van der Waals surface area contributed by atoms with E-state index < -0.39 is 0 Å². The van der Waals surface area contributed by atoms with Crippen molar-refractivity contribution in [3.8, 4) is 5.88 Å². The zero-order valence-electron chi connectivity index (χ0n) is 22.5. The van der Waals surface area contributed by atoms with Crippen LogP contribution in [0.1, 0.15) is 23.6 Å². The Balaban J connectivity index is 1.41. The summed E-state index contributed by atoms with van der Waals surface area (Å²) in [4.78, 5) is 24.5. The maximum absolute atomic E-state index is 12.5. The van der Waals surface area contributed by atoms with E-state index in [1.165, 1.54) is 5.56 Å². The number of likely N-dealkylation sites (N-methyl/N-ethyl adjacent to an activating group) is 1. The molecule has 6 nitrogen and oxygen atoms in total. The Morgan fingerprint density at radius 3 is 2.25 bits per heavy atom. The number of aromatic amines is 1. The third kappa shape index (κ3) is 6.25. The number of fused-ring (bicyclic) bond motifs is 1. The maximum atomic E-state index is 12.5. The second-order valence-corrected chi connectivity index (χ2v) is 10.2. The second-order valence-electron chi connectivity index (χ2n) is 9.78. The Morgan fingerprint density at radius 1 is 0.900 bits per heavy atom. The topological polar surface area (TPSA) is 71.9 Å². The van der Waals surface area contributed by atoms with E-state index in [9.17, 15) is 9.90 Å². The Bertz CT molecular complexity index is 1630. The zero-order chi connectivity index (χ0) is 28.1. The van der Waals surface area contributed by atoms with E-state index in [-0.39, 0.29) is 11.8 Å². The van der Waals surface area contributed by atoms with Gasteiger partial charge in [0, 0.05) is 48.2 Å². The third-order valence-corrected chi connectivity index (χ3v) is 7.04. The van der Waals surface area contributed by atoms with E-state index >= 15 is 0 Å². The SMILES string of the molecule is CC(=O)N(CCN(C)Cc1ccccc1)c1ccc(N=C(c2ccccc2)c2c(O)[nH]c3cc(Cl)ccc23)cc1. The van der Waals surface area contributed by atoms with Crippen LogP contribution in [0.4, 0.5) is 11.4 Å². The minimum atomic E-state index is -0.0169. The number of amides is 1. The number of nitrogens with one attached hydrogen (secondary N) is 1. The number of halogens is 1. The second kappa shape index (κ2) is 12.2. The number of anilines is 1.